The molecule has 28 heavy (non-hydrogen) atoms. The van der Waals surface area contributed by atoms with Crippen molar-refractivity contribution >= 4 is 24.2 Å². The molecule has 3 aliphatic rings. The number of nitrogens with zero attached hydrogens (tertiary/aromatic N) is 1. The SMILES string of the molecule is Cl.O=C(NCC1CCCN(C(=O)C2CCCc3ccccc32)C1)C1CCCN1. The average Bonchev–Trinajstić information content (AvgIpc) is 3.26. The number of piperidine rings is 1. The molecule has 0 radical (unpaired) electrons. The molecule has 2 N–H and O–H groups in total. The molecular weight excluding hydrogens is 374 g/mol. The standard InChI is InChI=1S/C22H31N3O2.ClH/c26-21(20-11-4-12-23-20)24-14-16-6-5-13-25(15-16)22(27)19-10-3-8-17-7-1-2-9-18(17)19;/h1-2,7,9,16,19-20,23H,3-6,8,10-15H2,(H,24,26);1H. The molecule has 2 fully saturated rings. The molecule has 154 valence electrons. The summed E-state index contributed by atoms with van der Waals surface area (Å²) < 4.78 is 0. The fourth-order valence-corrected chi connectivity index (χ4v) is 4.94. The monoisotopic (exact) mass is 405 g/mol. The second-order valence-electron chi connectivity index (χ2n) is 8.33. The van der Waals surface area contributed by atoms with Crippen molar-refractivity contribution in [3.63, 3.8) is 0 Å². The zero-order chi connectivity index (χ0) is 18.6. The summed E-state index contributed by atoms with van der Waals surface area (Å²) in [4.78, 5) is 27.5. The van der Waals surface area contributed by atoms with Crippen LogP contribution in [0.15, 0.2) is 24.3 Å². The van der Waals surface area contributed by atoms with Gasteiger partial charge in [0.25, 0.3) is 0 Å². The quantitative estimate of drug-likeness (QED) is 0.809. The molecule has 0 spiro atoms. The Hall–Kier alpha value is -1.59. The number of rotatable bonds is 4. The number of carbonyl (C=O) groups excluding carboxylic acids is 2. The van der Waals surface area contributed by atoms with Crippen LogP contribution in [-0.2, 0) is 16.0 Å². The van der Waals surface area contributed by atoms with Crippen molar-refractivity contribution in [2.75, 3.05) is 26.2 Å². The number of amides is 2. The fourth-order valence-electron chi connectivity index (χ4n) is 4.94. The number of aryl methyl sites for hydroxylation is 1. The first-order chi connectivity index (χ1) is 13.2. The second kappa shape index (κ2) is 9.75. The van der Waals surface area contributed by atoms with Crippen LogP contribution in [0.5, 0.6) is 0 Å². The van der Waals surface area contributed by atoms with E-state index in [1.165, 1.54) is 11.1 Å². The summed E-state index contributed by atoms with van der Waals surface area (Å²) in [6, 6.07) is 8.40. The number of carbonyl (C=O) groups is 2. The first kappa shape index (κ1) is 21.1. The van der Waals surface area contributed by atoms with Crippen LogP contribution in [0.4, 0.5) is 0 Å². The Labute approximate surface area is 174 Å². The Morgan fingerprint density at radius 3 is 2.79 bits per heavy atom. The number of fused-ring (bicyclic) bond motifs is 1. The predicted molar refractivity (Wildman–Crippen MR) is 113 cm³/mol. The smallest absolute Gasteiger partial charge is 0.237 e. The molecule has 1 aromatic carbocycles. The minimum atomic E-state index is -0.0231. The van der Waals surface area contributed by atoms with Crippen molar-refractivity contribution in [1.29, 1.82) is 0 Å². The van der Waals surface area contributed by atoms with Crippen LogP contribution >= 0.6 is 12.4 Å². The van der Waals surface area contributed by atoms with E-state index in [-0.39, 0.29) is 36.2 Å². The maximum absolute atomic E-state index is 13.2. The summed E-state index contributed by atoms with van der Waals surface area (Å²) in [6.45, 7) is 3.25. The van der Waals surface area contributed by atoms with Crippen molar-refractivity contribution in [2.45, 2.75) is 56.9 Å². The van der Waals surface area contributed by atoms with Gasteiger partial charge in [-0.2, -0.15) is 0 Å². The molecule has 5 nitrogen and oxygen atoms in total. The third-order valence-corrected chi connectivity index (χ3v) is 6.44. The molecule has 2 saturated heterocycles. The number of halogens is 1. The van der Waals surface area contributed by atoms with E-state index in [0.29, 0.717) is 12.5 Å². The van der Waals surface area contributed by atoms with E-state index >= 15 is 0 Å². The highest BCUT2D eigenvalue weighted by Crippen LogP contribution is 2.33. The van der Waals surface area contributed by atoms with Gasteiger partial charge in [-0.15, -0.1) is 12.4 Å². The van der Waals surface area contributed by atoms with Gasteiger partial charge in [-0.25, -0.2) is 0 Å². The molecule has 2 amide bonds. The Morgan fingerprint density at radius 1 is 1.11 bits per heavy atom. The largest absolute Gasteiger partial charge is 0.354 e. The van der Waals surface area contributed by atoms with Crippen LogP contribution in [-0.4, -0.2) is 48.9 Å². The van der Waals surface area contributed by atoms with E-state index in [1.807, 2.05) is 0 Å². The molecular formula is C22H32ClN3O2. The number of likely N-dealkylation sites (tertiary alicyclic amines) is 1. The zero-order valence-corrected chi connectivity index (χ0v) is 17.3. The van der Waals surface area contributed by atoms with Crippen LogP contribution in [0, 0.1) is 5.92 Å². The molecule has 1 aromatic rings. The summed E-state index contributed by atoms with van der Waals surface area (Å²) in [5, 5.41) is 6.36. The Balaban J connectivity index is 0.00000225. The van der Waals surface area contributed by atoms with Gasteiger partial charge in [0.1, 0.15) is 0 Å². The highest BCUT2D eigenvalue weighted by molar-refractivity contribution is 5.85. The molecule has 0 bridgehead atoms. The molecule has 2 aliphatic heterocycles. The van der Waals surface area contributed by atoms with Gasteiger partial charge in [0.05, 0.1) is 12.0 Å². The topological polar surface area (TPSA) is 61.4 Å². The fraction of sp³-hybridized carbons (Fsp3) is 0.636. The molecule has 0 saturated carbocycles. The number of nitrogens with one attached hydrogen (secondary N) is 2. The van der Waals surface area contributed by atoms with Crippen molar-refractivity contribution < 1.29 is 9.59 Å². The lowest BCUT2D eigenvalue weighted by Crippen LogP contribution is -2.47. The lowest BCUT2D eigenvalue weighted by atomic mass is 9.81. The van der Waals surface area contributed by atoms with Crippen molar-refractivity contribution in [1.82, 2.24) is 15.5 Å². The first-order valence-corrected chi connectivity index (χ1v) is 10.6. The van der Waals surface area contributed by atoms with E-state index in [9.17, 15) is 9.59 Å². The van der Waals surface area contributed by atoms with Crippen LogP contribution in [0.25, 0.3) is 0 Å². The van der Waals surface area contributed by atoms with Gasteiger partial charge in [0, 0.05) is 19.6 Å². The van der Waals surface area contributed by atoms with E-state index in [0.717, 1.165) is 64.6 Å². The first-order valence-electron chi connectivity index (χ1n) is 10.6. The van der Waals surface area contributed by atoms with Gasteiger partial charge >= 0.3 is 0 Å². The zero-order valence-electron chi connectivity index (χ0n) is 16.5. The van der Waals surface area contributed by atoms with Gasteiger partial charge in [0.2, 0.25) is 11.8 Å². The maximum Gasteiger partial charge on any atom is 0.237 e. The Bertz CT molecular complexity index is 690. The Morgan fingerprint density at radius 2 is 1.96 bits per heavy atom. The lowest BCUT2D eigenvalue weighted by Gasteiger charge is -2.36. The van der Waals surface area contributed by atoms with Crippen LogP contribution in [0.1, 0.15) is 55.6 Å². The number of hydrogen-bond acceptors (Lipinski definition) is 3. The third kappa shape index (κ3) is 4.69. The summed E-state index contributed by atoms with van der Waals surface area (Å²) in [5.74, 6) is 0.797. The normalized spacial score (nSPS) is 26.9. The summed E-state index contributed by atoms with van der Waals surface area (Å²) in [7, 11) is 0. The van der Waals surface area contributed by atoms with E-state index in [2.05, 4.69) is 39.8 Å². The molecule has 1 aliphatic carbocycles. The van der Waals surface area contributed by atoms with Crippen LogP contribution in [0.2, 0.25) is 0 Å². The molecule has 3 atom stereocenters. The van der Waals surface area contributed by atoms with E-state index in [4.69, 9.17) is 0 Å². The van der Waals surface area contributed by atoms with Crippen LogP contribution in [0.3, 0.4) is 0 Å². The second-order valence-corrected chi connectivity index (χ2v) is 8.33. The highest BCUT2D eigenvalue weighted by Gasteiger charge is 2.32. The molecule has 0 aromatic heterocycles. The molecule has 6 heteroatoms. The van der Waals surface area contributed by atoms with Crippen LogP contribution < -0.4 is 10.6 Å². The van der Waals surface area contributed by atoms with E-state index in [1.54, 1.807) is 0 Å². The predicted octanol–water partition coefficient (Wildman–Crippen LogP) is 2.64. The summed E-state index contributed by atoms with van der Waals surface area (Å²) >= 11 is 0. The molecule has 2 heterocycles. The van der Waals surface area contributed by atoms with Gasteiger partial charge in [0.15, 0.2) is 0 Å². The van der Waals surface area contributed by atoms with Gasteiger partial charge in [-0.3, -0.25) is 9.59 Å². The van der Waals surface area contributed by atoms with Crippen molar-refractivity contribution in [3.05, 3.63) is 35.4 Å². The van der Waals surface area contributed by atoms with E-state index < -0.39 is 0 Å². The van der Waals surface area contributed by atoms with Crippen molar-refractivity contribution in [2.24, 2.45) is 5.92 Å². The maximum atomic E-state index is 13.2. The minimum absolute atomic E-state index is 0. The molecule has 3 unspecified atom stereocenters. The van der Waals surface area contributed by atoms with Crippen molar-refractivity contribution in [3.8, 4) is 0 Å². The molecule has 4 rings (SSSR count). The average molecular weight is 406 g/mol. The Kier molecular flexibility index (Phi) is 7.36. The number of hydrogen-bond donors (Lipinski definition) is 2. The number of benzene rings is 1. The van der Waals surface area contributed by atoms with Gasteiger partial charge in [-0.1, -0.05) is 24.3 Å². The summed E-state index contributed by atoms with van der Waals surface area (Å²) in [6.07, 6.45) is 7.26. The third-order valence-electron chi connectivity index (χ3n) is 6.44. The van der Waals surface area contributed by atoms with Gasteiger partial charge < -0.3 is 15.5 Å². The minimum Gasteiger partial charge on any atom is -0.354 e. The highest BCUT2D eigenvalue weighted by atomic mass is 35.5. The summed E-state index contributed by atoms with van der Waals surface area (Å²) in [5.41, 5.74) is 2.57. The lowest BCUT2D eigenvalue weighted by molar-refractivity contribution is -0.135. The van der Waals surface area contributed by atoms with Gasteiger partial charge in [-0.05, 0) is 68.5 Å².